The molecule has 0 aliphatic heterocycles. The molecule has 1 aromatic carbocycles. The number of thioether (sulfide) groups is 1. The third-order valence-corrected chi connectivity index (χ3v) is 4.00. The molecule has 1 amide bonds. The Bertz CT molecular complexity index is 759. The maximum absolute atomic E-state index is 11.8. The SMILES string of the molecule is O=C(CCc1nc(-c2ccccc2)no1)NCCSc1ncn[nH]1. The summed E-state index contributed by atoms with van der Waals surface area (Å²) < 4.78 is 5.18. The standard InChI is InChI=1S/C15H16N6O2S/c22-12(16-8-9-24-15-17-10-18-20-15)6-7-13-19-14(21-23-13)11-4-2-1-3-5-11/h1-5,10H,6-9H2,(H,16,22)(H,17,18,20). The van der Waals surface area contributed by atoms with Crippen molar-refractivity contribution >= 4 is 17.7 Å². The lowest BCUT2D eigenvalue weighted by Crippen LogP contribution is -2.25. The Morgan fingerprint density at radius 2 is 2.17 bits per heavy atom. The van der Waals surface area contributed by atoms with Crippen LogP contribution in [0.5, 0.6) is 0 Å². The van der Waals surface area contributed by atoms with Gasteiger partial charge in [-0.15, -0.1) is 0 Å². The average molecular weight is 344 g/mol. The van der Waals surface area contributed by atoms with Gasteiger partial charge in [-0.25, -0.2) is 4.98 Å². The molecular formula is C15H16N6O2S. The van der Waals surface area contributed by atoms with Crippen LogP contribution in [-0.2, 0) is 11.2 Å². The molecule has 0 fully saturated rings. The Hall–Kier alpha value is -2.68. The molecular weight excluding hydrogens is 328 g/mol. The van der Waals surface area contributed by atoms with Crippen LogP contribution in [0.25, 0.3) is 11.4 Å². The van der Waals surface area contributed by atoms with Gasteiger partial charge in [0.2, 0.25) is 17.6 Å². The van der Waals surface area contributed by atoms with E-state index in [9.17, 15) is 4.79 Å². The summed E-state index contributed by atoms with van der Waals surface area (Å²) in [6.07, 6.45) is 2.18. The summed E-state index contributed by atoms with van der Waals surface area (Å²) in [5.41, 5.74) is 0.890. The largest absolute Gasteiger partial charge is 0.355 e. The van der Waals surface area contributed by atoms with Crippen molar-refractivity contribution in [2.24, 2.45) is 0 Å². The topological polar surface area (TPSA) is 110 Å². The van der Waals surface area contributed by atoms with Crippen LogP contribution in [0.2, 0.25) is 0 Å². The molecule has 3 rings (SSSR count). The molecule has 0 bridgehead atoms. The highest BCUT2D eigenvalue weighted by atomic mass is 32.2. The maximum Gasteiger partial charge on any atom is 0.227 e. The zero-order chi connectivity index (χ0) is 16.6. The van der Waals surface area contributed by atoms with Gasteiger partial charge in [0.05, 0.1) is 0 Å². The highest BCUT2D eigenvalue weighted by molar-refractivity contribution is 7.99. The third kappa shape index (κ3) is 4.66. The molecule has 24 heavy (non-hydrogen) atoms. The van der Waals surface area contributed by atoms with Crippen LogP contribution in [0.4, 0.5) is 0 Å². The zero-order valence-electron chi connectivity index (χ0n) is 12.8. The van der Waals surface area contributed by atoms with Crippen LogP contribution in [0.3, 0.4) is 0 Å². The summed E-state index contributed by atoms with van der Waals surface area (Å²) in [6, 6.07) is 9.57. The number of carbonyl (C=O) groups excluding carboxylic acids is 1. The van der Waals surface area contributed by atoms with E-state index in [0.717, 1.165) is 16.5 Å². The van der Waals surface area contributed by atoms with Gasteiger partial charge in [0.1, 0.15) is 6.33 Å². The van der Waals surface area contributed by atoms with E-state index in [4.69, 9.17) is 4.52 Å². The number of amides is 1. The number of nitrogens with zero attached hydrogens (tertiary/aromatic N) is 4. The lowest BCUT2D eigenvalue weighted by Gasteiger charge is -2.02. The first-order valence-corrected chi connectivity index (χ1v) is 8.42. The van der Waals surface area contributed by atoms with Crippen molar-refractivity contribution in [1.29, 1.82) is 0 Å². The fourth-order valence-corrected chi connectivity index (χ4v) is 2.61. The van der Waals surface area contributed by atoms with Crippen molar-refractivity contribution in [3.63, 3.8) is 0 Å². The molecule has 0 spiro atoms. The van der Waals surface area contributed by atoms with Crippen LogP contribution >= 0.6 is 11.8 Å². The van der Waals surface area contributed by atoms with E-state index in [-0.39, 0.29) is 5.91 Å². The molecule has 0 saturated carbocycles. The summed E-state index contributed by atoms with van der Waals surface area (Å²) in [5.74, 6) is 1.67. The lowest BCUT2D eigenvalue weighted by atomic mass is 10.2. The van der Waals surface area contributed by atoms with Crippen molar-refractivity contribution in [3.05, 3.63) is 42.5 Å². The number of rotatable bonds is 8. The molecule has 0 radical (unpaired) electrons. The Kier molecular flexibility index (Phi) is 5.56. The van der Waals surface area contributed by atoms with E-state index in [1.54, 1.807) is 0 Å². The minimum absolute atomic E-state index is 0.0485. The number of benzene rings is 1. The first-order valence-electron chi connectivity index (χ1n) is 7.44. The first kappa shape index (κ1) is 16.2. The van der Waals surface area contributed by atoms with Gasteiger partial charge in [-0.2, -0.15) is 10.1 Å². The molecule has 124 valence electrons. The minimum Gasteiger partial charge on any atom is -0.355 e. The van der Waals surface area contributed by atoms with Crippen molar-refractivity contribution in [2.75, 3.05) is 12.3 Å². The molecule has 0 aliphatic carbocycles. The fraction of sp³-hybridized carbons (Fsp3) is 0.267. The van der Waals surface area contributed by atoms with Gasteiger partial charge in [0, 0.05) is 30.7 Å². The number of aryl methyl sites for hydroxylation is 1. The number of aromatic amines is 1. The third-order valence-electron chi connectivity index (χ3n) is 3.12. The molecule has 9 heteroatoms. The van der Waals surface area contributed by atoms with E-state index in [2.05, 4.69) is 30.6 Å². The Balaban J connectivity index is 1.38. The molecule has 2 N–H and O–H groups in total. The fourth-order valence-electron chi connectivity index (χ4n) is 1.97. The van der Waals surface area contributed by atoms with Gasteiger partial charge in [-0.05, 0) is 0 Å². The predicted octanol–water partition coefficient (Wildman–Crippen LogP) is 1.70. The zero-order valence-corrected chi connectivity index (χ0v) is 13.6. The second-order valence-electron chi connectivity index (χ2n) is 4.87. The molecule has 0 saturated heterocycles. The van der Waals surface area contributed by atoms with Crippen LogP contribution < -0.4 is 5.32 Å². The maximum atomic E-state index is 11.8. The van der Waals surface area contributed by atoms with Gasteiger partial charge < -0.3 is 9.84 Å². The normalized spacial score (nSPS) is 10.7. The molecule has 2 heterocycles. The molecule has 3 aromatic rings. The van der Waals surface area contributed by atoms with Crippen LogP contribution in [-0.4, -0.2) is 43.5 Å². The van der Waals surface area contributed by atoms with E-state index in [0.29, 0.717) is 31.1 Å². The summed E-state index contributed by atoms with van der Waals surface area (Å²) in [6.45, 7) is 0.559. The molecule has 8 nitrogen and oxygen atoms in total. The number of aromatic nitrogens is 5. The van der Waals surface area contributed by atoms with Gasteiger partial charge in [0.15, 0.2) is 5.16 Å². The van der Waals surface area contributed by atoms with Crippen LogP contribution in [0.1, 0.15) is 12.3 Å². The summed E-state index contributed by atoms with van der Waals surface area (Å²) in [4.78, 5) is 20.1. The van der Waals surface area contributed by atoms with Gasteiger partial charge in [-0.1, -0.05) is 47.3 Å². The monoisotopic (exact) mass is 344 g/mol. The summed E-state index contributed by atoms with van der Waals surface area (Å²) >= 11 is 1.50. The highest BCUT2D eigenvalue weighted by Crippen LogP contribution is 2.15. The first-order chi connectivity index (χ1) is 11.8. The average Bonchev–Trinajstić information content (AvgIpc) is 3.29. The van der Waals surface area contributed by atoms with Crippen molar-refractivity contribution in [3.8, 4) is 11.4 Å². The number of H-pyrrole nitrogens is 1. The smallest absolute Gasteiger partial charge is 0.227 e. The van der Waals surface area contributed by atoms with Crippen LogP contribution in [0.15, 0.2) is 46.3 Å². The molecule has 2 aromatic heterocycles. The quantitative estimate of drug-likeness (QED) is 0.473. The minimum atomic E-state index is -0.0485. The van der Waals surface area contributed by atoms with E-state index in [1.807, 2.05) is 30.3 Å². The number of hydrogen-bond acceptors (Lipinski definition) is 7. The van der Waals surface area contributed by atoms with Gasteiger partial charge >= 0.3 is 0 Å². The molecule has 0 atom stereocenters. The molecule has 0 aliphatic rings. The number of hydrogen-bond donors (Lipinski definition) is 2. The van der Waals surface area contributed by atoms with E-state index >= 15 is 0 Å². The van der Waals surface area contributed by atoms with Gasteiger partial charge in [0.25, 0.3) is 0 Å². The Morgan fingerprint density at radius 3 is 2.96 bits per heavy atom. The Morgan fingerprint density at radius 1 is 1.29 bits per heavy atom. The Labute approximate surface area is 142 Å². The van der Waals surface area contributed by atoms with Crippen molar-refractivity contribution in [2.45, 2.75) is 18.0 Å². The van der Waals surface area contributed by atoms with Gasteiger partial charge in [-0.3, -0.25) is 9.89 Å². The lowest BCUT2D eigenvalue weighted by molar-refractivity contribution is -0.121. The summed E-state index contributed by atoms with van der Waals surface area (Å²) in [7, 11) is 0. The van der Waals surface area contributed by atoms with Crippen molar-refractivity contribution < 1.29 is 9.32 Å². The molecule has 0 unspecified atom stereocenters. The van der Waals surface area contributed by atoms with E-state index < -0.39 is 0 Å². The van der Waals surface area contributed by atoms with E-state index in [1.165, 1.54) is 18.1 Å². The number of nitrogens with one attached hydrogen (secondary N) is 2. The summed E-state index contributed by atoms with van der Waals surface area (Å²) in [5, 5.41) is 14.0. The van der Waals surface area contributed by atoms with Crippen molar-refractivity contribution in [1.82, 2.24) is 30.6 Å². The highest BCUT2D eigenvalue weighted by Gasteiger charge is 2.10. The van der Waals surface area contributed by atoms with Crippen LogP contribution in [0, 0.1) is 0 Å². The second kappa shape index (κ2) is 8.25. The second-order valence-corrected chi connectivity index (χ2v) is 5.95. The number of carbonyl (C=O) groups is 1. The predicted molar refractivity (Wildman–Crippen MR) is 88.2 cm³/mol.